The summed E-state index contributed by atoms with van der Waals surface area (Å²) in [5.74, 6) is -0.0843. The second kappa shape index (κ2) is 5.00. The van der Waals surface area contributed by atoms with Crippen molar-refractivity contribution in [1.29, 1.82) is 0 Å². The molecule has 0 spiro atoms. The zero-order valence-corrected chi connectivity index (χ0v) is 9.54. The molecule has 5 nitrogen and oxygen atoms in total. The molecule has 0 radical (unpaired) electrons. The second-order valence-corrected chi connectivity index (χ2v) is 4.30. The van der Waals surface area contributed by atoms with Crippen molar-refractivity contribution in [3.63, 3.8) is 0 Å². The summed E-state index contributed by atoms with van der Waals surface area (Å²) in [4.78, 5) is 24.2. The van der Waals surface area contributed by atoms with E-state index in [0.717, 1.165) is 12.8 Å². The molecule has 1 rings (SSSR count). The molecule has 0 aromatic heterocycles. The van der Waals surface area contributed by atoms with Gasteiger partial charge in [0.15, 0.2) is 0 Å². The van der Waals surface area contributed by atoms with Crippen molar-refractivity contribution in [1.82, 2.24) is 15.5 Å². The van der Waals surface area contributed by atoms with Crippen LogP contribution in [0.4, 0.5) is 4.79 Å². The Bertz CT molecular complexity index is 249. The lowest BCUT2D eigenvalue weighted by Gasteiger charge is -2.19. The van der Waals surface area contributed by atoms with Crippen LogP contribution in [0.3, 0.4) is 0 Å². The second-order valence-electron chi connectivity index (χ2n) is 4.30. The maximum absolute atomic E-state index is 11.4. The topological polar surface area (TPSA) is 61.4 Å². The van der Waals surface area contributed by atoms with Gasteiger partial charge in [0, 0.05) is 19.1 Å². The molecule has 0 aromatic carbocycles. The number of rotatable bonds is 4. The van der Waals surface area contributed by atoms with Crippen molar-refractivity contribution in [2.75, 3.05) is 13.6 Å². The molecule has 1 aliphatic carbocycles. The minimum atomic E-state index is -0.212. The van der Waals surface area contributed by atoms with Gasteiger partial charge in [-0.1, -0.05) is 0 Å². The van der Waals surface area contributed by atoms with Gasteiger partial charge in [-0.15, -0.1) is 0 Å². The number of carbonyl (C=O) groups excluding carboxylic acids is 2. The number of likely N-dealkylation sites (N-methyl/N-ethyl adjacent to an activating group) is 1. The van der Waals surface area contributed by atoms with Gasteiger partial charge in [-0.2, -0.15) is 0 Å². The SMILES string of the molecule is CC(C)NC(=O)N(C)CC(=O)NC1CC1. The normalized spacial score (nSPS) is 14.9. The predicted octanol–water partition coefficient (Wildman–Crippen LogP) is 0.315. The highest BCUT2D eigenvalue weighted by Gasteiger charge is 2.24. The number of urea groups is 1. The summed E-state index contributed by atoms with van der Waals surface area (Å²) in [6.45, 7) is 3.89. The summed E-state index contributed by atoms with van der Waals surface area (Å²) in [7, 11) is 1.62. The molecule has 15 heavy (non-hydrogen) atoms. The maximum atomic E-state index is 11.4. The fraction of sp³-hybridized carbons (Fsp3) is 0.800. The summed E-state index contributed by atoms with van der Waals surface area (Å²) < 4.78 is 0. The van der Waals surface area contributed by atoms with Gasteiger partial charge in [0.25, 0.3) is 0 Å². The molecule has 5 heteroatoms. The summed E-state index contributed by atoms with van der Waals surface area (Å²) in [5.41, 5.74) is 0. The van der Waals surface area contributed by atoms with E-state index >= 15 is 0 Å². The van der Waals surface area contributed by atoms with E-state index < -0.39 is 0 Å². The van der Waals surface area contributed by atoms with Crippen molar-refractivity contribution in [3.05, 3.63) is 0 Å². The first-order valence-corrected chi connectivity index (χ1v) is 5.30. The zero-order chi connectivity index (χ0) is 11.4. The monoisotopic (exact) mass is 213 g/mol. The molecule has 0 atom stereocenters. The van der Waals surface area contributed by atoms with Gasteiger partial charge in [-0.05, 0) is 26.7 Å². The Morgan fingerprint density at radius 3 is 2.47 bits per heavy atom. The first-order chi connectivity index (χ1) is 6.99. The third-order valence-corrected chi connectivity index (χ3v) is 2.08. The van der Waals surface area contributed by atoms with Crippen molar-refractivity contribution in [3.8, 4) is 0 Å². The Morgan fingerprint density at radius 2 is 2.00 bits per heavy atom. The Labute approximate surface area is 90.2 Å². The van der Waals surface area contributed by atoms with E-state index in [4.69, 9.17) is 0 Å². The van der Waals surface area contributed by atoms with Crippen LogP contribution in [0.1, 0.15) is 26.7 Å². The molecule has 1 saturated carbocycles. The largest absolute Gasteiger partial charge is 0.352 e. The highest BCUT2D eigenvalue weighted by atomic mass is 16.2. The number of nitrogens with one attached hydrogen (secondary N) is 2. The third kappa shape index (κ3) is 4.67. The van der Waals surface area contributed by atoms with E-state index in [-0.39, 0.29) is 24.5 Å². The molecule has 0 heterocycles. The number of nitrogens with zero attached hydrogens (tertiary/aromatic N) is 1. The van der Waals surface area contributed by atoms with Crippen LogP contribution in [0.2, 0.25) is 0 Å². The molecule has 2 N–H and O–H groups in total. The fourth-order valence-electron chi connectivity index (χ4n) is 1.15. The van der Waals surface area contributed by atoms with Gasteiger partial charge in [0.05, 0.1) is 0 Å². The standard InChI is InChI=1S/C10H19N3O2/c1-7(2)11-10(15)13(3)6-9(14)12-8-4-5-8/h7-8H,4-6H2,1-3H3,(H,11,15)(H,12,14). The van der Waals surface area contributed by atoms with E-state index in [9.17, 15) is 9.59 Å². The number of amides is 3. The molecule has 1 fully saturated rings. The fourth-order valence-corrected chi connectivity index (χ4v) is 1.15. The smallest absolute Gasteiger partial charge is 0.317 e. The lowest BCUT2D eigenvalue weighted by molar-refractivity contribution is -0.121. The van der Waals surface area contributed by atoms with Crippen LogP contribution in [0.25, 0.3) is 0 Å². The zero-order valence-electron chi connectivity index (χ0n) is 9.54. The Morgan fingerprint density at radius 1 is 1.40 bits per heavy atom. The quantitative estimate of drug-likeness (QED) is 0.706. The molecule has 0 aromatic rings. The average Bonchev–Trinajstić information content (AvgIpc) is 2.86. The van der Waals surface area contributed by atoms with Gasteiger partial charge in [-0.3, -0.25) is 4.79 Å². The van der Waals surface area contributed by atoms with Gasteiger partial charge >= 0.3 is 6.03 Å². The Kier molecular flexibility index (Phi) is 3.94. The van der Waals surface area contributed by atoms with Crippen LogP contribution < -0.4 is 10.6 Å². The van der Waals surface area contributed by atoms with E-state index in [2.05, 4.69) is 10.6 Å². The van der Waals surface area contributed by atoms with Crippen LogP contribution in [0, 0.1) is 0 Å². The van der Waals surface area contributed by atoms with Gasteiger partial charge in [-0.25, -0.2) is 4.79 Å². The van der Waals surface area contributed by atoms with Crippen LogP contribution in [0.5, 0.6) is 0 Å². The molecule has 0 bridgehead atoms. The van der Waals surface area contributed by atoms with Gasteiger partial charge < -0.3 is 15.5 Å². The van der Waals surface area contributed by atoms with Crippen LogP contribution in [-0.2, 0) is 4.79 Å². The van der Waals surface area contributed by atoms with E-state index in [1.165, 1.54) is 4.90 Å². The van der Waals surface area contributed by atoms with E-state index in [0.29, 0.717) is 6.04 Å². The molecule has 0 saturated heterocycles. The Balaban J connectivity index is 2.23. The summed E-state index contributed by atoms with van der Waals surface area (Å²) >= 11 is 0. The minimum absolute atomic E-state index is 0.0843. The number of carbonyl (C=O) groups is 2. The average molecular weight is 213 g/mol. The van der Waals surface area contributed by atoms with E-state index in [1.807, 2.05) is 13.8 Å². The van der Waals surface area contributed by atoms with Crippen molar-refractivity contribution >= 4 is 11.9 Å². The summed E-state index contributed by atoms with van der Waals surface area (Å²) in [5, 5.41) is 5.56. The van der Waals surface area contributed by atoms with Crippen molar-refractivity contribution in [2.24, 2.45) is 0 Å². The molecular weight excluding hydrogens is 194 g/mol. The molecule has 86 valence electrons. The van der Waals surface area contributed by atoms with Crippen LogP contribution in [0.15, 0.2) is 0 Å². The highest BCUT2D eigenvalue weighted by Crippen LogP contribution is 2.18. The van der Waals surface area contributed by atoms with Crippen molar-refractivity contribution < 1.29 is 9.59 Å². The first kappa shape index (κ1) is 11.8. The molecule has 0 unspecified atom stereocenters. The third-order valence-electron chi connectivity index (χ3n) is 2.08. The minimum Gasteiger partial charge on any atom is -0.352 e. The summed E-state index contributed by atoms with van der Waals surface area (Å²) in [6.07, 6.45) is 2.13. The van der Waals surface area contributed by atoms with Crippen LogP contribution >= 0.6 is 0 Å². The molecule has 1 aliphatic rings. The Hall–Kier alpha value is -1.26. The first-order valence-electron chi connectivity index (χ1n) is 5.30. The van der Waals surface area contributed by atoms with Crippen molar-refractivity contribution in [2.45, 2.75) is 38.8 Å². The van der Waals surface area contributed by atoms with Gasteiger partial charge in [0.2, 0.25) is 5.91 Å². The highest BCUT2D eigenvalue weighted by molar-refractivity contribution is 5.84. The predicted molar refractivity (Wildman–Crippen MR) is 57.5 cm³/mol. The number of hydrogen-bond donors (Lipinski definition) is 2. The lowest BCUT2D eigenvalue weighted by Crippen LogP contribution is -2.45. The molecule has 0 aliphatic heterocycles. The van der Waals surface area contributed by atoms with Gasteiger partial charge in [0.1, 0.15) is 6.54 Å². The van der Waals surface area contributed by atoms with Crippen LogP contribution in [-0.4, -0.2) is 42.5 Å². The maximum Gasteiger partial charge on any atom is 0.317 e. The lowest BCUT2D eigenvalue weighted by atomic mass is 10.4. The summed E-state index contributed by atoms with van der Waals surface area (Å²) in [6, 6.07) is 0.224. The molecule has 3 amide bonds. The molecular formula is C10H19N3O2. The van der Waals surface area contributed by atoms with E-state index in [1.54, 1.807) is 7.05 Å². The number of hydrogen-bond acceptors (Lipinski definition) is 2.